The van der Waals surface area contributed by atoms with Gasteiger partial charge in [0.15, 0.2) is 0 Å². The average Bonchev–Trinajstić information content (AvgIpc) is 2.72. The van der Waals surface area contributed by atoms with Crippen LogP contribution in [0.5, 0.6) is 5.75 Å². The van der Waals surface area contributed by atoms with Crippen LogP contribution in [-0.2, 0) is 4.79 Å². The topological polar surface area (TPSA) is 70.7 Å². The van der Waals surface area contributed by atoms with E-state index in [1.807, 2.05) is 11.0 Å². The van der Waals surface area contributed by atoms with Gasteiger partial charge in [-0.25, -0.2) is 0 Å². The fourth-order valence-corrected chi connectivity index (χ4v) is 3.43. The molecule has 0 spiro atoms. The Morgan fingerprint density at radius 2 is 2.00 bits per heavy atom. The number of nitrogens with one attached hydrogen (secondary N) is 2. The summed E-state index contributed by atoms with van der Waals surface area (Å²) < 4.78 is 5.67. The maximum atomic E-state index is 12.5. The Kier molecular flexibility index (Phi) is 7.36. The van der Waals surface area contributed by atoms with Crippen molar-refractivity contribution in [3.63, 3.8) is 0 Å². The second-order valence-corrected chi connectivity index (χ2v) is 7.38. The van der Waals surface area contributed by atoms with Gasteiger partial charge in [0, 0.05) is 24.3 Å². The normalized spacial score (nSPS) is 13.7. The molecule has 1 saturated heterocycles. The Balaban J connectivity index is 1.58. The van der Waals surface area contributed by atoms with E-state index in [9.17, 15) is 9.59 Å². The van der Waals surface area contributed by atoms with Crippen LogP contribution in [0.15, 0.2) is 42.5 Å². The third-order valence-corrected chi connectivity index (χ3v) is 5.02. The maximum absolute atomic E-state index is 12.5. The first-order valence-electron chi connectivity index (χ1n) is 9.92. The number of halogens is 1. The molecule has 0 radical (unpaired) electrons. The van der Waals surface area contributed by atoms with Gasteiger partial charge in [-0.3, -0.25) is 9.59 Å². The molecule has 0 aromatic heterocycles. The number of anilines is 2. The smallest absolute Gasteiger partial charge is 0.255 e. The number of hydrogen-bond donors (Lipinski definition) is 2. The van der Waals surface area contributed by atoms with Crippen molar-refractivity contribution in [1.29, 1.82) is 0 Å². The van der Waals surface area contributed by atoms with Crippen molar-refractivity contribution in [2.75, 3.05) is 36.5 Å². The molecular weight excluding hydrogens is 390 g/mol. The van der Waals surface area contributed by atoms with Gasteiger partial charge in [0.2, 0.25) is 5.91 Å². The zero-order chi connectivity index (χ0) is 20.6. The van der Waals surface area contributed by atoms with E-state index in [1.165, 1.54) is 0 Å². The van der Waals surface area contributed by atoms with Gasteiger partial charge in [0.05, 0.1) is 23.9 Å². The molecule has 0 atom stereocenters. The summed E-state index contributed by atoms with van der Waals surface area (Å²) in [6, 6.07) is 12.4. The van der Waals surface area contributed by atoms with Crippen LogP contribution >= 0.6 is 11.6 Å². The molecule has 1 aliphatic heterocycles. The quantitative estimate of drug-likeness (QED) is 0.637. The minimum absolute atomic E-state index is 0.0255. The SMILES string of the molecule is CCCCCOc1ccc(C(=O)Nc2ccc(N3CCNC(=O)C3)c(Cl)c2)cc1. The number of amides is 2. The summed E-state index contributed by atoms with van der Waals surface area (Å²) in [6.07, 6.45) is 3.32. The summed E-state index contributed by atoms with van der Waals surface area (Å²) in [4.78, 5) is 26.0. The number of hydrogen-bond acceptors (Lipinski definition) is 4. The molecule has 2 N–H and O–H groups in total. The molecule has 1 fully saturated rings. The van der Waals surface area contributed by atoms with Gasteiger partial charge in [0.1, 0.15) is 5.75 Å². The van der Waals surface area contributed by atoms with Gasteiger partial charge in [-0.2, -0.15) is 0 Å². The molecule has 2 aromatic rings. The predicted molar refractivity (Wildman–Crippen MR) is 116 cm³/mol. The van der Waals surface area contributed by atoms with E-state index in [0.717, 1.165) is 30.7 Å². The lowest BCUT2D eigenvalue weighted by atomic mass is 10.2. The van der Waals surface area contributed by atoms with Crippen molar-refractivity contribution in [2.24, 2.45) is 0 Å². The van der Waals surface area contributed by atoms with Crippen LogP contribution in [-0.4, -0.2) is 38.1 Å². The highest BCUT2D eigenvalue weighted by Gasteiger charge is 2.19. The van der Waals surface area contributed by atoms with Crippen LogP contribution in [0, 0.1) is 0 Å². The van der Waals surface area contributed by atoms with Crippen molar-refractivity contribution in [3.05, 3.63) is 53.1 Å². The van der Waals surface area contributed by atoms with Crippen molar-refractivity contribution < 1.29 is 14.3 Å². The van der Waals surface area contributed by atoms with E-state index < -0.39 is 0 Å². The van der Waals surface area contributed by atoms with Gasteiger partial charge < -0.3 is 20.3 Å². The van der Waals surface area contributed by atoms with Crippen molar-refractivity contribution in [1.82, 2.24) is 5.32 Å². The fraction of sp³-hybridized carbons (Fsp3) is 0.364. The number of rotatable bonds is 8. The molecule has 2 aromatic carbocycles. The van der Waals surface area contributed by atoms with Crippen molar-refractivity contribution in [2.45, 2.75) is 26.2 Å². The van der Waals surface area contributed by atoms with E-state index in [4.69, 9.17) is 16.3 Å². The first-order valence-corrected chi connectivity index (χ1v) is 10.3. The Morgan fingerprint density at radius 3 is 2.69 bits per heavy atom. The van der Waals surface area contributed by atoms with E-state index >= 15 is 0 Å². The largest absolute Gasteiger partial charge is 0.494 e. The van der Waals surface area contributed by atoms with Crippen LogP contribution in [0.1, 0.15) is 36.5 Å². The minimum atomic E-state index is -0.219. The number of carbonyl (C=O) groups excluding carboxylic acids is 2. The Hall–Kier alpha value is -2.73. The lowest BCUT2D eigenvalue weighted by Gasteiger charge is -2.29. The van der Waals surface area contributed by atoms with Crippen LogP contribution in [0.2, 0.25) is 5.02 Å². The maximum Gasteiger partial charge on any atom is 0.255 e. The van der Waals surface area contributed by atoms with E-state index in [2.05, 4.69) is 17.6 Å². The Bertz CT molecular complexity index is 855. The fourth-order valence-electron chi connectivity index (χ4n) is 3.13. The number of nitrogens with zero attached hydrogens (tertiary/aromatic N) is 1. The molecule has 6 nitrogen and oxygen atoms in total. The number of unbranched alkanes of at least 4 members (excludes halogenated alkanes) is 2. The van der Waals surface area contributed by atoms with E-state index in [1.54, 1.807) is 36.4 Å². The summed E-state index contributed by atoms with van der Waals surface area (Å²) in [5, 5.41) is 6.14. The summed E-state index contributed by atoms with van der Waals surface area (Å²) in [5.74, 6) is 0.516. The first-order chi connectivity index (χ1) is 14.1. The minimum Gasteiger partial charge on any atom is -0.494 e. The summed E-state index contributed by atoms with van der Waals surface area (Å²) in [6.45, 7) is 4.40. The van der Waals surface area contributed by atoms with Gasteiger partial charge in [-0.1, -0.05) is 31.4 Å². The second-order valence-electron chi connectivity index (χ2n) is 6.97. The molecule has 0 bridgehead atoms. The summed E-state index contributed by atoms with van der Waals surface area (Å²) in [5.41, 5.74) is 1.92. The standard InChI is InChI=1S/C22H26ClN3O3/c1-2-3-4-13-29-18-8-5-16(6-9-18)22(28)25-17-7-10-20(19(23)14-17)26-12-11-24-21(27)15-26/h5-10,14H,2-4,11-13,15H2,1H3,(H,24,27)(H,25,28). The molecule has 154 valence electrons. The number of benzene rings is 2. The Labute approximate surface area is 176 Å². The van der Waals surface area contributed by atoms with Crippen molar-refractivity contribution in [3.8, 4) is 5.75 Å². The second kappa shape index (κ2) is 10.2. The van der Waals surface area contributed by atoms with Gasteiger partial charge >= 0.3 is 0 Å². The number of piperazine rings is 1. The van der Waals surface area contributed by atoms with Crippen LogP contribution < -0.4 is 20.3 Å². The van der Waals surface area contributed by atoms with E-state index in [0.29, 0.717) is 36.0 Å². The molecule has 0 aliphatic carbocycles. The lowest BCUT2D eigenvalue weighted by Crippen LogP contribution is -2.47. The first kappa shape index (κ1) is 21.0. The molecule has 2 amide bonds. The lowest BCUT2D eigenvalue weighted by molar-refractivity contribution is -0.120. The van der Waals surface area contributed by atoms with Crippen LogP contribution in [0.25, 0.3) is 0 Å². The average molecular weight is 416 g/mol. The highest BCUT2D eigenvalue weighted by molar-refractivity contribution is 6.33. The Morgan fingerprint density at radius 1 is 1.21 bits per heavy atom. The van der Waals surface area contributed by atoms with Gasteiger partial charge in [-0.15, -0.1) is 0 Å². The van der Waals surface area contributed by atoms with E-state index in [-0.39, 0.29) is 18.4 Å². The number of carbonyl (C=O) groups is 2. The van der Waals surface area contributed by atoms with Crippen LogP contribution in [0.3, 0.4) is 0 Å². The van der Waals surface area contributed by atoms with Crippen molar-refractivity contribution >= 4 is 34.8 Å². The zero-order valence-electron chi connectivity index (χ0n) is 16.5. The third-order valence-electron chi connectivity index (χ3n) is 4.72. The summed E-state index contributed by atoms with van der Waals surface area (Å²) in [7, 11) is 0. The highest BCUT2D eigenvalue weighted by atomic mass is 35.5. The third kappa shape index (κ3) is 5.87. The molecule has 1 heterocycles. The van der Waals surface area contributed by atoms with Gasteiger partial charge in [0.25, 0.3) is 5.91 Å². The molecule has 3 rings (SSSR count). The summed E-state index contributed by atoms with van der Waals surface area (Å²) >= 11 is 6.39. The van der Waals surface area contributed by atoms with Gasteiger partial charge in [-0.05, 0) is 48.9 Å². The number of ether oxygens (including phenoxy) is 1. The molecule has 0 saturated carbocycles. The zero-order valence-corrected chi connectivity index (χ0v) is 17.3. The molecule has 0 unspecified atom stereocenters. The van der Waals surface area contributed by atoms with Crippen LogP contribution in [0.4, 0.5) is 11.4 Å². The highest BCUT2D eigenvalue weighted by Crippen LogP contribution is 2.29. The predicted octanol–water partition coefficient (Wildman–Crippen LogP) is 4.10. The molecule has 1 aliphatic rings. The molecular formula is C22H26ClN3O3. The molecule has 7 heteroatoms. The molecule has 29 heavy (non-hydrogen) atoms. The monoisotopic (exact) mass is 415 g/mol.